The van der Waals surface area contributed by atoms with E-state index in [0.717, 1.165) is 12.1 Å². The Morgan fingerprint density at radius 1 is 1.08 bits per heavy atom. The molecule has 0 amide bonds. The molecule has 2 aromatic rings. The smallest absolute Gasteiger partial charge is 0.416 e. The van der Waals surface area contributed by atoms with E-state index in [1.54, 1.807) is 18.2 Å². The summed E-state index contributed by atoms with van der Waals surface area (Å²) in [5.41, 5.74) is -1.03. The maximum Gasteiger partial charge on any atom is 0.416 e. The first kappa shape index (κ1) is 17.8. The number of hydrogen-bond donors (Lipinski definition) is 1. The van der Waals surface area contributed by atoms with Crippen LogP contribution in [0.4, 0.5) is 17.6 Å². The second-order valence-electron chi connectivity index (χ2n) is 5.58. The fourth-order valence-electron chi connectivity index (χ4n) is 2.21. The Kier molecular flexibility index (Phi) is 5.06. The van der Waals surface area contributed by atoms with Gasteiger partial charge in [0.15, 0.2) is 11.5 Å². The third kappa shape index (κ3) is 4.35. The molecule has 1 fully saturated rings. The van der Waals surface area contributed by atoms with Gasteiger partial charge in [-0.3, -0.25) is 0 Å². The Morgan fingerprint density at radius 3 is 2.44 bits per heavy atom. The molecule has 0 spiro atoms. The molecule has 2 aromatic carbocycles. The van der Waals surface area contributed by atoms with Gasteiger partial charge in [-0.1, -0.05) is 17.7 Å². The minimum Gasteiger partial charge on any atom is -0.485 e. The molecule has 1 heterocycles. The van der Waals surface area contributed by atoms with Crippen molar-refractivity contribution in [1.29, 1.82) is 0 Å². The van der Waals surface area contributed by atoms with Crippen LogP contribution in [-0.2, 0) is 12.8 Å². The molecule has 3 nitrogen and oxygen atoms in total. The Hall–Kier alpha value is -1.99. The first-order chi connectivity index (χ1) is 11.8. The van der Waals surface area contributed by atoms with Gasteiger partial charge < -0.3 is 14.8 Å². The normalized spacial score (nSPS) is 14.9. The minimum atomic E-state index is -4.59. The molecule has 0 atom stereocenters. The molecule has 1 N–H and O–H groups in total. The van der Waals surface area contributed by atoms with Crippen LogP contribution in [-0.4, -0.2) is 19.2 Å². The highest BCUT2D eigenvalue weighted by molar-refractivity contribution is 6.30. The topological polar surface area (TPSA) is 30.5 Å². The van der Waals surface area contributed by atoms with Crippen LogP contribution in [0.2, 0.25) is 5.02 Å². The third-order valence-corrected chi connectivity index (χ3v) is 3.94. The van der Waals surface area contributed by atoms with Crippen molar-refractivity contribution in [3.8, 4) is 11.5 Å². The standard InChI is InChI=1S/C17H14ClF4NO2/c18-12-3-4-15(16(6-12)25-13-7-23-8-13)24-9-10-1-2-11(5-14(10)19)17(20,21)22/h1-6,13,23H,7-9H2. The Bertz CT molecular complexity index is 763. The van der Waals surface area contributed by atoms with E-state index in [1.807, 2.05) is 0 Å². The maximum atomic E-state index is 13.9. The van der Waals surface area contributed by atoms with Crippen molar-refractivity contribution in [3.05, 3.63) is 58.4 Å². The molecule has 134 valence electrons. The van der Waals surface area contributed by atoms with E-state index in [-0.39, 0.29) is 18.3 Å². The molecule has 1 saturated heterocycles. The molecule has 1 aliphatic rings. The molecule has 0 unspecified atom stereocenters. The van der Waals surface area contributed by atoms with Crippen molar-refractivity contribution < 1.29 is 27.0 Å². The average Bonchev–Trinajstić information content (AvgIpc) is 2.50. The first-order valence-electron chi connectivity index (χ1n) is 7.48. The zero-order valence-electron chi connectivity index (χ0n) is 12.9. The third-order valence-electron chi connectivity index (χ3n) is 3.71. The second-order valence-corrected chi connectivity index (χ2v) is 6.02. The lowest BCUT2D eigenvalue weighted by atomic mass is 10.1. The van der Waals surface area contributed by atoms with Crippen LogP contribution in [0.25, 0.3) is 0 Å². The van der Waals surface area contributed by atoms with Crippen molar-refractivity contribution in [1.82, 2.24) is 5.32 Å². The zero-order chi connectivity index (χ0) is 18.0. The van der Waals surface area contributed by atoms with Crippen LogP contribution in [0.5, 0.6) is 11.5 Å². The number of nitrogens with one attached hydrogen (secondary N) is 1. The maximum absolute atomic E-state index is 13.9. The van der Waals surface area contributed by atoms with Gasteiger partial charge in [0.25, 0.3) is 0 Å². The molecule has 25 heavy (non-hydrogen) atoms. The van der Waals surface area contributed by atoms with Gasteiger partial charge in [-0.15, -0.1) is 0 Å². The molecule has 0 aliphatic carbocycles. The second kappa shape index (κ2) is 7.09. The van der Waals surface area contributed by atoms with Gasteiger partial charge in [-0.2, -0.15) is 13.2 Å². The fourth-order valence-corrected chi connectivity index (χ4v) is 2.38. The molecule has 0 aromatic heterocycles. The number of halogens is 5. The van der Waals surface area contributed by atoms with Crippen LogP contribution >= 0.6 is 11.6 Å². The highest BCUT2D eigenvalue weighted by Gasteiger charge is 2.31. The van der Waals surface area contributed by atoms with Crippen LogP contribution in [0.15, 0.2) is 36.4 Å². The van der Waals surface area contributed by atoms with E-state index >= 15 is 0 Å². The van der Waals surface area contributed by atoms with Gasteiger partial charge in [-0.05, 0) is 24.3 Å². The van der Waals surface area contributed by atoms with Crippen molar-refractivity contribution >= 4 is 11.6 Å². The van der Waals surface area contributed by atoms with Gasteiger partial charge in [0, 0.05) is 29.7 Å². The lowest BCUT2D eigenvalue weighted by molar-refractivity contribution is -0.137. The Labute approximate surface area is 146 Å². The molecule has 3 rings (SSSR count). The largest absolute Gasteiger partial charge is 0.485 e. The van der Waals surface area contributed by atoms with Crippen molar-refractivity contribution in [2.45, 2.75) is 18.9 Å². The van der Waals surface area contributed by atoms with Gasteiger partial charge >= 0.3 is 6.18 Å². The van der Waals surface area contributed by atoms with Crippen LogP contribution in [0, 0.1) is 5.82 Å². The van der Waals surface area contributed by atoms with Crippen molar-refractivity contribution in [3.63, 3.8) is 0 Å². The molecule has 0 radical (unpaired) electrons. The summed E-state index contributed by atoms with van der Waals surface area (Å²) in [6, 6.07) is 7.08. The van der Waals surface area contributed by atoms with Gasteiger partial charge in [-0.25, -0.2) is 4.39 Å². The van der Waals surface area contributed by atoms with Crippen molar-refractivity contribution in [2.75, 3.05) is 13.1 Å². The van der Waals surface area contributed by atoms with E-state index in [0.29, 0.717) is 35.7 Å². The molecular formula is C17H14ClF4NO2. The highest BCUT2D eigenvalue weighted by atomic mass is 35.5. The number of alkyl halides is 3. The molecule has 1 aliphatic heterocycles. The molecular weight excluding hydrogens is 362 g/mol. The zero-order valence-corrected chi connectivity index (χ0v) is 13.6. The van der Waals surface area contributed by atoms with E-state index in [2.05, 4.69) is 5.32 Å². The SMILES string of the molecule is Fc1cc(C(F)(F)F)ccc1COc1ccc(Cl)cc1OC1CNC1. The summed E-state index contributed by atoms with van der Waals surface area (Å²) in [5.74, 6) is -0.226. The van der Waals surface area contributed by atoms with Crippen LogP contribution < -0.4 is 14.8 Å². The summed E-state index contributed by atoms with van der Waals surface area (Å²) in [6.07, 6.45) is -4.60. The minimum absolute atomic E-state index is 0.0105. The summed E-state index contributed by atoms with van der Waals surface area (Å²) in [6.45, 7) is 1.16. The van der Waals surface area contributed by atoms with Gasteiger partial charge in [0.1, 0.15) is 18.5 Å². The Morgan fingerprint density at radius 2 is 1.84 bits per heavy atom. The molecule has 0 saturated carbocycles. The van der Waals surface area contributed by atoms with E-state index in [1.165, 1.54) is 0 Å². The first-order valence-corrected chi connectivity index (χ1v) is 7.86. The van der Waals surface area contributed by atoms with Crippen molar-refractivity contribution in [2.24, 2.45) is 0 Å². The van der Waals surface area contributed by atoms with E-state index in [4.69, 9.17) is 21.1 Å². The quantitative estimate of drug-likeness (QED) is 0.784. The summed E-state index contributed by atoms with van der Waals surface area (Å²) in [5, 5.41) is 3.51. The number of hydrogen-bond acceptors (Lipinski definition) is 3. The van der Waals surface area contributed by atoms with E-state index in [9.17, 15) is 17.6 Å². The number of rotatable bonds is 5. The lowest BCUT2D eigenvalue weighted by Gasteiger charge is -2.28. The van der Waals surface area contributed by atoms with E-state index < -0.39 is 17.6 Å². The predicted molar refractivity (Wildman–Crippen MR) is 84.5 cm³/mol. The summed E-state index contributed by atoms with van der Waals surface area (Å²) in [7, 11) is 0. The summed E-state index contributed by atoms with van der Waals surface area (Å²) < 4.78 is 62.8. The summed E-state index contributed by atoms with van der Waals surface area (Å²) in [4.78, 5) is 0. The van der Waals surface area contributed by atoms with Crippen LogP contribution in [0.1, 0.15) is 11.1 Å². The summed E-state index contributed by atoms with van der Waals surface area (Å²) >= 11 is 5.95. The highest BCUT2D eigenvalue weighted by Crippen LogP contribution is 2.33. The fraction of sp³-hybridized carbons (Fsp3) is 0.294. The predicted octanol–water partition coefficient (Wildman–Crippen LogP) is 4.43. The molecule has 0 bridgehead atoms. The Balaban J connectivity index is 1.73. The monoisotopic (exact) mass is 375 g/mol. The van der Waals surface area contributed by atoms with Gasteiger partial charge in [0.05, 0.1) is 5.56 Å². The number of ether oxygens (including phenoxy) is 2. The molecule has 8 heteroatoms. The lowest BCUT2D eigenvalue weighted by Crippen LogP contribution is -2.50. The van der Waals surface area contributed by atoms with Gasteiger partial charge in [0.2, 0.25) is 0 Å². The van der Waals surface area contributed by atoms with Crippen LogP contribution in [0.3, 0.4) is 0 Å². The number of benzene rings is 2. The average molecular weight is 376 g/mol.